The minimum absolute atomic E-state index is 0.249. The van der Waals surface area contributed by atoms with E-state index in [2.05, 4.69) is 28.0 Å². The van der Waals surface area contributed by atoms with Crippen LogP contribution in [0.1, 0.15) is 5.56 Å². The first-order valence-electron chi connectivity index (χ1n) is 8.21. The van der Waals surface area contributed by atoms with Crippen LogP contribution in [0.5, 0.6) is 11.5 Å². The predicted octanol–water partition coefficient (Wildman–Crippen LogP) is 2.59. The number of nitrogens with zero attached hydrogens (tertiary/aromatic N) is 2. The van der Waals surface area contributed by atoms with Crippen LogP contribution in [0.4, 0.5) is 0 Å². The molecule has 0 aliphatic carbocycles. The van der Waals surface area contributed by atoms with Crippen molar-refractivity contribution in [2.75, 3.05) is 39.3 Å². The fourth-order valence-corrected chi connectivity index (χ4v) is 2.90. The van der Waals surface area contributed by atoms with Gasteiger partial charge in [0.15, 0.2) is 0 Å². The lowest BCUT2D eigenvalue weighted by Crippen LogP contribution is -2.46. The van der Waals surface area contributed by atoms with Gasteiger partial charge in [-0.3, -0.25) is 9.80 Å². The second-order valence-corrected chi connectivity index (χ2v) is 5.90. The summed E-state index contributed by atoms with van der Waals surface area (Å²) in [6.07, 6.45) is 0. The molecule has 0 radical (unpaired) electrons. The lowest BCUT2D eigenvalue weighted by atomic mass is 10.2. The standard InChI is InChI=1S/C19H24N2O2/c22-14-13-20-9-11-21(12-10-20)16-17-5-4-8-19(15-17)23-18-6-2-1-3-7-18/h1-8,15,22H,9-14,16H2. The van der Waals surface area contributed by atoms with Gasteiger partial charge in [0.1, 0.15) is 11.5 Å². The van der Waals surface area contributed by atoms with Crippen LogP contribution in [0.25, 0.3) is 0 Å². The summed E-state index contributed by atoms with van der Waals surface area (Å²) < 4.78 is 5.90. The van der Waals surface area contributed by atoms with Crippen molar-refractivity contribution in [3.05, 3.63) is 60.2 Å². The number of hydrogen-bond donors (Lipinski definition) is 1. The first-order chi connectivity index (χ1) is 11.3. The van der Waals surface area contributed by atoms with Gasteiger partial charge in [0.25, 0.3) is 0 Å². The first-order valence-corrected chi connectivity index (χ1v) is 8.21. The summed E-state index contributed by atoms with van der Waals surface area (Å²) in [7, 11) is 0. The van der Waals surface area contributed by atoms with Crippen molar-refractivity contribution in [3.8, 4) is 11.5 Å². The van der Waals surface area contributed by atoms with E-state index in [9.17, 15) is 0 Å². The molecule has 0 atom stereocenters. The van der Waals surface area contributed by atoms with Crippen LogP contribution in [0, 0.1) is 0 Å². The molecule has 3 rings (SSSR count). The minimum atomic E-state index is 0.249. The fraction of sp³-hybridized carbons (Fsp3) is 0.368. The highest BCUT2D eigenvalue weighted by molar-refractivity contribution is 5.33. The molecule has 2 aromatic carbocycles. The van der Waals surface area contributed by atoms with Gasteiger partial charge in [-0.25, -0.2) is 0 Å². The van der Waals surface area contributed by atoms with Crippen LogP contribution in [0.15, 0.2) is 54.6 Å². The van der Waals surface area contributed by atoms with Crippen LogP contribution in [0.3, 0.4) is 0 Å². The number of aliphatic hydroxyl groups is 1. The third-order valence-corrected chi connectivity index (χ3v) is 4.16. The van der Waals surface area contributed by atoms with Crippen LogP contribution in [-0.2, 0) is 6.54 Å². The number of piperazine rings is 1. The number of benzene rings is 2. The summed E-state index contributed by atoms with van der Waals surface area (Å²) in [5.74, 6) is 1.75. The lowest BCUT2D eigenvalue weighted by Gasteiger charge is -2.34. The highest BCUT2D eigenvalue weighted by Crippen LogP contribution is 2.22. The summed E-state index contributed by atoms with van der Waals surface area (Å²) >= 11 is 0. The van der Waals surface area contributed by atoms with Gasteiger partial charge in [0.05, 0.1) is 6.61 Å². The quantitative estimate of drug-likeness (QED) is 0.889. The van der Waals surface area contributed by atoms with Gasteiger partial charge in [0.2, 0.25) is 0 Å². The van der Waals surface area contributed by atoms with E-state index in [1.807, 2.05) is 36.4 Å². The molecule has 0 unspecified atom stereocenters. The molecule has 1 aliphatic rings. The molecule has 1 N–H and O–H groups in total. The lowest BCUT2D eigenvalue weighted by molar-refractivity contribution is 0.108. The normalized spacial score (nSPS) is 16.4. The zero-order valence-electron chi connectivity index (χ0n) is 13.4. The largest absolute Gasteiger partial charge is 0.457 e. The Morgan fingerprint density at radius 2 is 1.52 bits per heavy atom. The molecule has 0 bridgehead atoms. The van der Waals surface area contributed by atoms with Gasteiger partial charge < -0.3 is 9.84 Å². The Balaban J connectivity index is 1.56. The van der Waals surface area contributed by atoms with Crippen molar-refractivity contribution in [2.45, 2.75) is 6.54 Å². The molecule has 23 heavy (non-hydrogen) atoms. The Morgan fingerprint density at radius 3 is 2.26 bits per heavy atom. The van der Waals surface area contributed by atoms with Crippen molar-refractivity contribution < 1.29 is 9.84 Å². The number of hydrogen-bond acceptors (Lipinski definition) is 4. The van der Waals surface area contributed by atoms with Crippen LogP contribution < -0.4 is 4.74 Å². The molecule has 0 amide bonds. The van der Waals surface area contributed by atoms with Gasteiger partial charge >= 0.3 is 0 Å². The Labute approximate surface area is 137 Å². The molecule has 1 heterocycles. The summed E-state index contributed by atoms with van der Waals surface area (Å²) in [6.45, 7) is 6.13. The van der Waals surface area contributed by atoms with E-state index >= 15 is 0 Å². The van der Waals surface area contributed by atoms with E-state index in [1.54, 1.807) is 0 Å². The maximum Gasteiger partial charge on any atom is 0.127 e. The van der Waals surface area contributed by atoms with E-state index in [0.29, 0.717) is 0 Å². The second kappa shape index (κ2) is 8.11. The Kier molecular flexibility index (Phi) is 5.64. The molecule has 122 valence electrons. The van der Waals surface area contributed by atoms with Crippen LogP contribution in [-0.4, -0.2) is 54.2 Å². The van der Waals surface area contributed by atoms with E-state index < -0.39 is 0 Å². The van der Waals surface area contributed by atoms with Gasteiger partial charge in [-0.2, -0.15) is 0 Å². The van der Waals surface area contributed by atoms with Gasteiger partial charge in [-0.05, 0) is 29.8 Å². The number of β-amino-alcohol motifs (C(OH)–C–C–N with tert-alkyl or cyclic N) is 1. The van der Waals surface area contributed by atoms with Gasteiger partial charge in [-0.15, -0.1) is 0 Å². The first kappa shape index (κ1) is 16.0. The molecule has 1 fully saturated rings. The molecule has 1 aliphatic heterocycles. The summed E-state index contributed by atoms with van der Waals surface area (Å²) in [5, 5.41) is 9.00. The number of rotatable bonds is 6. The summed E-state index contributed by atoms with van der Waals surface area (Å²) in [4.78, 5) is 4.76. The smallest absolute Gasteiger partial charge is 0.127 e. The molecule has 0 spiro atoms. The maximum atomic E-state index is 9.00. The van der Waals surface area contributed by atoms with E-state index in [0.717, 1.165) is 50.8 Å². The fourth-order valence-electron chi connectivity index (χ4n) is 2.90. The molecule has 1 saturated heterocycles. The van der Waals surface area contributed by atoms with E-state index in [-0.39, 0.29) is 6.61 Å². The summed E-state index contributed by atoms with van der Waals surface area (Å²) in [5.41, 5.74) is 1.27. The zero-order valence-corrected chi connectivity index (χ0v) is 13.4. The third kappa shape index (κ3) is 4.79. The number of aliphatic hydroxyl groups excluding tert-OH is 1. The minimum Gasteiger partial charge on any atom is -0.457 e. The summed E-state index contributed by atoms with van der Waals surface area (Å²) in [6, 6.07) is 18.2. The van der Waals surface area contributed by atoms with E-state index in [4.69, 9.17) is 9.84 Å². The highest BCUT2D eigenvalue weighted by Gasteiger charge is 2.16. The van der Waals surface area contributed by atoms with Crippen molar-refractivity contribution >= 4 is 0 Å². The Bertz CT molecular complexity index is 595. The van der Waals surface area contributed by atoms with Crippen LogP contribution in [0.2, 0.25) is 0 Å². The van der Waals surface area contributed by atoms with Crippen molar-refractivity contribution in [1.29, 1.82) is 0 Å². The SMILES string of the molecule is OCCN1CCN(Cc2cccc(Oc3ccccc3)c2)CC1. The monoisotopic (exact) mass is 312 g/mol. The van der Waals surface area contributed by atoms with Crippen molar-refractivity contribution in [1.82, 2.24) is 9.80 Å². The molecule has 0 aromatic heterocycles. The topological polar surface area (TPSA) is 35.9 Å². The molecule has 0 saturated carbocycles. The Hall–Kier alpha value is -1.88. The average Bonchev–Trinajstić information content (AvgIpc) is 2.58. The maximum absolute atomic E-state index is 9.00. The van der Waals surface area contributed by atoms with Crippen molar-refractivity contribution in [3.63, 3.8) is 0 Å². The number of ether oxygens (including phenoxy) is 1. The third-order valence-electron chi connectivity index (χ3n) is 4.16. The Morgan fingerprint density at radius 1 is 0.826 bits per heavy atom. The van der Waals surface area contributed by atoms with Gasteiger partial charge in [-0.1, -0.05) is 30.3 Å². The molecule has 2 aromatic rings. The second-order valence-electron chi connectivity index (χ2n) is 5.90. The molecular weight excluding hydrogens is 288 g/mol. The van der Waals surface area contributed by atoms with Crippen molar-refractivity contribution in [2.24, 2.45) is 0 Å². The molecular formula is C19H24N2O2. The molecule has 4 nitrogen and oxygen atoms in total. The predicted molar refractivity (Wildman–Crippen MR) is 91.8 cm³/mol. The zero-order chi connectivity index (χ0) is 15.9. The number of para-hydroxylation sites is 1. The highest BCUT2D eigenvalue weighted by atomic mass is 16.5. The molecule has 4 heteroatoms. The van der Waals surface area contributed by atoms with E-state index in [1.165, 1.54) is 5.56 Å². The average molecular weight is 312 g/mol. The van der Waals surface area contributed by atoms with Gasteiger partial charge in [0, 0.05) is 39.3 Å². The van der Waals surface area contributed by atoms with Crippen LogP contribution >= 0.6 is 0 Å².